The van der Waals surface area contributed by atoms with Crippen molar-refractivity contribution in [2.75, 3.05) is 0 Å². The maximum absolute atomic E-state index is 14.4. The van der Waals surface area contributed by atoms with Crippen LogP contribution in [-0.4, -0.2) is 16.5 Å². The molecule has 2 saturated carbocycles. The van der Waals surface area contributed by atoms with E-state index in [-0.39, 0.29) is 17.6 Å². The Balaban J connectivity index is 1.66. The molecule has 0 radical (unpaired) electrons. The van der Waals surface area contributed by atoms with Crippen molar-refractivity contribution in [2.45, 2.75) is 37.2 Å². The standard InChI is InChI=1S/C30H26O2/c1-18-23(19-12-6-4-7-13-19)30(32)26-28(3)25(31)24(18)27(30,2)21-16-10-11-17-22(21)29(26,28)20-14-8-5-9-15-20/h4-17,24,26,32H,1-3H3/t24-,26+,27+,28-,29+,30+/m0/s1. The maximum atomic E-state index is 14.4. The zero-order valence-electron chi connectivity index (χ0n) is 18.6. The highest BCUT2D eigenvalue weighted by atomic mass is 16.3. The van der Waals surface area contributed by atoms with Crippen molar-refractivity contribution in [3.8, 4) is 0 Å². The van der Waals surface area contributed by atoms with Crippen LogP contribution in [0.4, 0.5) is 0 Å². The SMILES string of the molecule is CC1=C(c2ccccc2)[C@@]2(O)[C@H]3[C@@]4(c5ccccc5)c5ccccc5[C@]2(C)[C@@H]1C(=O)[C@@]34C. The monoisotopic (exact) mass is 418 g/mol. The number of ketones is 1. The molecule has 32 heavy (non-hydrogen) atoms. The molecule has 0 aliphatic heterocycles. The fourth-order valence-electron chi connectivity index (χ4n) is 8.70. The first kappa shape index (κ1) is 18.6. The van der Waals surface area contributed by atoms with E-state index in [1.54, 1.807) is 0 Å². The number of rotatable bonds is 2. The molecule has 6 atom stereocenters. The summed E-state index contributed by atoms with van der Waals surface area (Å²) in [5, 5.41) is 13.0. The molecule has 0 amide bonds. The maximum Gasteiger partial charge on any atom is 0.148 e. The first-order valence-corrected chi connectivity index (χ1v) is 11.6. The van der Waals surface area contributed by atoms with Gasteiger partial charge in [-0.15, -0.1) is 0 Å². The van der Waals surface area contributed by atoms with Crippen molar-refractivity contribution < 1.29 is 9.90 Å². The molecule has 2 fully saturated rings. The molecule has 2 nitrogen and oxygen atoms in total. The zero-order chi connectivity index (χ0) is 22.1. The first-order valence-electron chi connectivity index (χ1n) is 11.6. The highest BCUT2D eigenvalue weighted by molar-refractivity contribution is 6.08. The van der Waals surface area contributed by atoms with Gasteiger partial charge in [0, 0.05) is 22.2 Å². The molecule has 1 N–H and O–H groups in total. The molecule has 0 heterocycles. The Kier molecular flexibility index (Phi) is 3.09. The Hall–Kier alpha value is -2.97. The molecular formula is C30H26O2. The molecule has 4 bridgehead atoms. The lowest BCUT2D eigenvalue weighted by molar-refractivity contribution is -0.139. The summed E-state index contributed by atoms with van der Waals surface area (Å²) >= 11 is 0. The van der Waals surface area contributed by atoms with Crippen LogP contribution in [0.25, 0.3) is 5.57 Å². The third-order valence-electron chi connectivity index (χ3n) is 9.72. The van der Waals surface area contributed by atoms with Crippen molar-refractivity contribution in [2.24, 2.45) is 17.3 Å². The first-order chi connectivity index (χ1) is 15.4. The van der Waals surface area contributed by atoms with Gasteiger partial charge in [-0.1, -0.05) is 104 Å². The molecule has 0 aromatic heterocycles. The molecule has 0 unspecified atom stereocenters. The van der Waals surface area contributed by atoms with Crippen molar-refractivity contribution >= 4 is 11.4 Å². The number of allylic oxidation sites excluding steroid dienone is 1. The average molecular weight is 419 g/mol. The van der Waals surface area contributed by atoms with Crippen LogP contribution in [0.15, 0.2) is 90.5 Å². The summed E-state index contributed by atoms with van der Waals surface area (Å²) in [6.45, 7) is 6.34. The second-order valence-electron chi connectivity index (χ2n) is 10.5. The second kappa shape index (κ2) is 5.32. The molecule has 3 aromatic carbocycles. The number of fused-ring (bicyclic) bond motifs is 3. The molecule has 158 valence electrons. The van der Waals surface area contributed by atoms with Gasteiger partial charge in [-0.2, -0.15) is 0 Å². The van der Waals surface area contributed by atoms with Crippen molar-refractivity contribution in [1.82, 2.24) is 0 Å². The lowest BCUT2D eigenvalue weighted by Gasteiger charge is -2.52. The van der Waals surface area contributed by atoms with Gasteiger partial charge in [0.25, 0.3) is 0 Å². The number of aliphatic hydroxyl groups is 1. The van der Waals surface area contributed by atoms with Gasteiger partial charge >= 0.3 is 0 Å². The van der Waals surface area contributed by atoms with E-state index in [2.05, 4.69) is 81.4 Å². The summed E-state index contributed by atoms with van der Waals surface area (Å²) in [6.07, 6.45) is 0. The summed E-state index contributed by atoms with van der Waals surface area (Å²) in [4.78, 5) is 14.4. The van der Waals surface area contributed by atoms with Gasteiger partial charge in [0.1, 0.15) is 11.4 Å². The van der Waals surface area contributed by atoms with E-state index < -0.39 is 21.8 Å². The van der Waals surface area contributed by atoms with E-state index in [9.17, 15) is 9.90 Å². The third kappa shape index (κ3) is 1.51. The summed E-state index contributed by atoms with van der Waals surface area (Å²) in [5.74, 6) is -0.224. The van der Waals surface area contributed by atoms with E-state index in [4.69, 9.17) is 0 Å². The second-order valence-corrected chi connectivity index (χ2v) is 10.5. The molecule has 0 saturated heterocycles. The van der Waals surface area contributed by atoms with Crippen LogP contribution in [0.3, 0.4) is 0 Å². The van der Waals surface area contributed by atoms with Crippen LogP contribution < -0.4 is 0 Å². The van der Waals surface area contributed by atoms with Crippen LogP contribution in [-0.2, 0) is 15.6 Å². The molecule has 3 aromatic rings. The Labute approximate surface area is 188 Å². The highest BCUT2D eigenvalue weighted by Crippen LogP contribution is 2.89. The molecular weight excluding hydrogens is 392 g/mol. The Morgan fingerprint density at radius 2 is 1.31 bits per heavy atom. The van der Waals surface area contributed by atoms with Gasteiger partial charge in [-0.3, -0.25) is 4.79 Å². The van der Waals surface area contributed by atoms with E-state index in [1.807, 2.05) is 24.3 Å². The summed E-state index contributed by atoms with van der Waals surface area (Å²) < 4.78 is 0. The highest BCUT2D eigenvalue weighted by Gasteiger charge is 2.94. The smallest absolute Gasteiger partial charge is 0.148 e. The number of benzene rings is 3. The van der Waals surface area contributed by atoms with E-state index >= 15 is 0 Å². The molecule has 2 heteroatoms. The number of Topliss-reactive ketones (excluding diaryl/α,β-unsaturated/α-hetero) is 1. The summed E-state index contributed by atoms with van der Waals surface area (Å²) in [7, 11) is 0. The minimum atomic E-state index is -1.12. The topological polar surface area (TPSA) is 37.3 Å². The Morgan fingerprint density at radius 1 is 0.750 bits per heavy atom. The largest absolute Gasteiger partial charge is 0.384 e. The van der Waals surface area contributed by atoms with Gasteiger partial charge in [0.15, 0.2) is 0 Å². The molecule has 4 aliphatic rings. The van der Waals surface area contributed by atoms with Crippen molar-refractivity contribution in [3.05, 3.63) is 113 Å². The Bertz CT molecular complexity index is 1360. The Morgan fingerprint density at radius 3 is 1.97 bits per heavy atom. The minimum Gasteiger partial charge on any atom is -0.384 e. The van der Waals surface area contributed by atoms with Gasteiger partial charge in [-0.25, -0.2) is 0 Å². The van der Waals surface area contributed by atoms with Crippen molar-refractivity contribution in [1.29, 1.82) is 0 Å². The quantitative estimate of drug-likeness (QED) is 0.613. The lowest BCUT2D eigenvalue weighted by Crippen LogP contribution is -2.60. The molecule has 7 rings (SSSR count). The summed E-state index contributed by atoms with van der Waals surface area (Å²) in [6, 6.07) is 29.2. The third-order valence-corrected chi connectivity index (χ3v) is 9.72. The number of carbonyl (C=O) groups excluding carboxylic acids is 1. The van der Waals surface area contributed by atoms with Gasteiger partial charge < -0.3 is 5.11 Å². The number of carbonyl (C=O) groups is 1. The van der Waals surface area contributed by atoms with Crippen LogP contribution in [0.2, 0.25) is 0 Å². The normalized spacial score (nSPS) is 40.3. The number of hydrogen-bond acceptors (Lipinski definition) is 2. The predicted octanol–water partition coefficient (Wildman–Crippen LogP) is 5.30. The average Bonchev–Trinajstić information content (AvgIpc) is 3.39. The number of hydrogen-bond donors (Lipinski definition) is 1. The van der Waals surface area contributed by atoms with Crippen LogP contribution in [0.1, 0.15) is 43.0 Å². The van der Waals surface area contributed by atoms with E-state index in [1.165, 1.54) is 5.56 Å². The van der Waals surface area contributed by atoms with Gasteiger partial charge in [0.2, 0.25) is 0 Å². The fraction of sp³-hybridized carbons (Fsp3) is 0.300. The van der Waals surface area contributed by atoms with Crippen LogP contribution >= 0.6 is 0 Å². The lowest BCUT2D eigenvalue weighted by atomic mass is 9.53. The van der Waals surface area contributed by atoms with Gasteiger partial charge in [0.05, 0.1) is 5.92 Å². The minimum absolute atomic E-state index is 0.193. The molecule has 0 spiro atoms. The van der Waals surface area contributed by atoms with Gasteiger partial charge in [-0.05, 0) is 34.8 Å². The van der Waals surface area contributed by atoms with Crippen LogP contribution in [0.5, 0.6) is 0 Å². The van der Waals surface area contributed by atoms with E-state index in [0.717, 1.165) is 27.8 Å². The zero-order valence-corrected chi connectivity index (χ0v) is 18.6. The summed E-state index contributed by atoms with van der Waals surface area (Å²) in [5.41, 5.74) is 3.61. The fourth-order valence-corrected chi connectivity index (χ4v) is 8.70. The van der Waals surface area contributed by atoms with Crippen LogP contribution in [0, 0.1) is 17.3 Å². The predicted molar refractivity (Wildman–Crippen MR) is 125 cm³/mol. The van der Waals surface area contributed by atoms with E-state index in [0.29, 0.717) is 0 Å². The molecule has 4 aliphatic carbocycles. The van der Waals surface area contributed by atoms with Crippen molar-refractivity contribution in [3.63, 3.8) is 0 Å².